The van der Waals surface area contributed by atoms with Gasteiger partial charge in [-0.2, -0.15) is 0 Å². The van der Waals surface area contributed by atoms with E-state index in [9.17, 15) is 4.79 Å². The van der Waals surface area contributed by atoms with Crippen LogP contribution in [0, 0.1) is 11.8 Å². The normalized spacial score (nSPS) is 26.2. The molecule has 0 aliphatic heterocycles. The van der Waals surface area contributed by atoms with Crippen LogP contribution in [0.4, 0.5) is 0 Å². The molecule has 1 saturated carbocycles. The van der Waals surface area contributed by atoms with Crippen LogP contribution in [0.2, 0.25) is 0 Å². The summed E-state index contributed by atoms with van der Waals surface area (Å²) in [5.74, 6) is 1.95. The predicted molar refractivity (Wildman–Crippen MR) is 84.3 cm³/mol. The van der Waals surface area contributed by atoms with Gasteiger partial charge in [0.25, 0.3) is 5.56 Å². The molecule has 1 aliphatic rings. The molecule has 4 heteroatoms. The highest BCUT2D eigenvalue weighted by Gasteiger charge is 2.39. The van der Waals surface area contributed by atoms with Crippen molar-refractivity contribution < 1.29 is 4.74 Å². The van der Waals surface area contributed by atoms with Crippen molar-refractivity contribution in [3.05, 3.63) is 27.9 Å². The van der Waals surface area contributed by atoms with Crippen molar-refractivity contribution in [1.29, 1.82) is 0 Å². The first kappa shape index (κ1) is 16.2. The van der Waals surface area contributed by atoms with E-state index in [1.54, 1.807) is 6.07 Å². The molecule has 0 unspecified atom stereocenters. The molecule has 0 atom stereocenters. The Labute approximate surface area is 127 Å². The number of nitrogens with one attached hydrogen (secondary N) is 1. The fraction of sp³-hybridized carbons (Fsp3) is 0.765. The Hall–Kier alpha value is -1.16. The first-order chi connectivity index (χ1) is 9.95. The molecular formula is C17H28N2O2. The SMILES string of the molecule is CCOC1(c2nc(CC(C)C)cc(=O)[nH]2)CCC(C)CC1. The molecule has 0 aromatic carbocycles. The van der Waals surface area contributed by atoms with Crippen molar-refractivity contribution in [2.75, 3.05) is 6.61 Å². The van der Waals surface area contributed by atoms with Crippen LogP contribution in [-0.4, -0.2) is 16.6 Å². The summed E-state index contributed by atoms with van der Waals surface area (Å²) in [5, 5.41) is 0. The Balaban J connectivity index is 2.36. The molecule has 0 spiro atoms. The molecule has 0 radical (unpaired) electrons. The van der Waals surface area contributed by atoms with Crippen LogP contribution in [0.25, 0.3) is 0 Å². The second-order valence-electron chi connectivity index (χ2n) is 6.79. The zero-order valence-electron chi connectivity index (χ0n) is 13.7. The molecule has 4 nitrogen and oxygen atoms in total. The highest BCUT2D eigenvalue weighted by atomic mass is 16.5. The summed E-state index contributed by atoms with van der Waals surface area (Å²) in [4.78, 5) is 19.7. The van der Waals surface area contributed by atoms with Crippen molar-refractivity contribution in [2.45, 2.75) is 65.4 Å². The van der Waals surface area contributed by atoms with Crippen LogP contribution in [0.5, 0.6) is 0 Å². The first-order valence-corrected chi connectivity index (χ1v) is 8.20. The van der Waals surface area contributed by atoms with Crippen LogP contribution in [0.3, 0.4) is 0 Å². The number of ether oxygens (including phenoxy) is 1. The second kappa shape index (κ2) is 6.73. The van der Waals surface area contributed by atoms with Gasteiger partial charge in [-0.15, -0.1) is 0 Å². The second-order valence-corrected chi connectivity index (χ2v) is 6.79. The summed E-state index contributed by atoms with van der Waals surface area (Å²) in [6.07, 6.45) is 4.96. The third-order valence-corrected chi connectivity index (χ3v) is 4.35. The number of H-pyrrole nitrogens is 1. The van der Waals surface area contributed by atoms with Gasteiger partial charge in [0.1, 0.15) is 11.4 Å². The summed E-state index contributed by atoms with van der Waals surface area (Å²) >= 11 is 0. The number of hydrogen-bond donors (Lipinski definition) is 1. The minimum Gasteiger partial charge on any atom is -0.367 e. The highest BCUT2D eigenvalue weighted by Crippen LogP contribution is 2.40. The van der Waals surface area contributed by atoms with Gasteiger partial charge in [-0.25, -0.2) is 4.98 Å². The van der Waals surface area contributed by atoms with E-state index in [1.807, 2.05) is 6.92 Å². The first-order valence-electron chi connectivity index (χ1n) is 8.20. The summed E-state index contributed by atoms with van der Waals surface area (Å²) < 4.78 is 6.09. The van der Waals surface area contributed by atoms with Crippen LogP contribution in [0.15, 0.2) is 10.9 Å². The van der Waals surface area contributed by atoms with Crippen LogP contribution >= 0.6 is 0 Å². The van der Waals surface area contributed by atoms with E-state index in [0.717, 1.165) is 49.5 Å². The van der Waals surface area contributed by atoms with E-state index in [2.05, 4.69) is 25.8 Å². The Morgan fingerprint density at radius 1 is 1.43 bits per heavy atom. The topological polar surface area (TPSA) is 55.0 Å². The van der Waals surface area contributed by atoms with Gasteiger partial charge in [-0.1, -0.05) is 20.8 Å². The van der Waals surface area contributed by atoms with Crippen LogP contribution in [-0.2, 0) is 16.8 Å². The molecule has 1 aromatic heterocycles. The van der Waals surface area contributed by atoms with Gasteiger partial charge in [0, 0.05) is 18.4 Å². The van der Waals surface area contributed by atoms with E-state index in [4.69, 9.17) is 9.72 Å². The predicted octanol–water partition coefficient (Wildman–Crippen LogP) is 3.41. The molecule has 1 heterocycles. The molecule has 1 fully saturated rings. The minimum atomic E-state index is -0.395. The molecule has 1 N–H and O–H groups in total. The third-order valence-electron chi connectivity index (χ3n) is 4.35. The Morgan fingerprint density at radius 3 is 2.67 bits per heavy atom. The zero-order chi connectivity index (χ0) is 15.5. The quantitative estimate of drug-likeness (QED) is 0.904. The maximum Gasteiger partial charge on any atom is 0.251 e. The molecule has 1 aliphatic carbocycles. The molecule has 2 rings (SSSR count). The van der Waals surface area contributed by atoms with Crippen molar-refractivity contribution >= 4 is 0 Å². The average Bonchev–Trinajstić information content (AvgIpc) is 2.40. The average molecular weight is 292 g/mol. The number of nitrogens with zero attached hydrogens (tertiary/aromatic N) is 1. The highest BCUT2D eigenvalue weighted by molar-refractivity contribution is 5.11. The number of hydrogen-bond acceptors (Lipinski definition) is 3. The van der Waals surface area contributed by atoms with Crippen molar-refractivity contribution in [3.8, 4) is 0 Å². The van der Waals surface area contributed by atoms with E-state index in [0.29, 0.717) is 12.5 Å². The van der Waals surface area contributed by atoms with Gasteiger partial charge < -0.3 is 9.72 Å². The van der Waals surface area contributed by atoms with Gasteiger partial charge in [-0.3, -0.25) is 4.79 Å². The summed E-state index contributed by atoms with van der Waals surface area (Å²) in [7, 11) is 0. The van der Waals surface area contributed by atoms with Gasteiger partial charge in [0.15, 0.2) is 0 Å². The van der Waals surface area contributed by atoms with Crippen molar-refractivity contribution in [3.63, 3.8) is 0 Å². The van der Waals surface area contributed by atoms with E-state index >= 15 is 0 Å². The molecule has 21 heavy (non-hydrogen) atoms. The Morgan fingerprint density at radius 2 is 2.10 bits per heavy atom. The molecule has 0 saturated heterocycles. The van der Waals surface area contributed by atoms with E-state index < -0.39 is 5.60 Å². The molecule has 0 amide bonds. The van der Waals surface area contributed by atoms with Gasteiger partial charge >= 0.3 is 0 Å². The van der Waals surface area contributed by atoms with Gasteiger partial charge in [0.2, 0.25) is 0 Å². The van der Waals surface area contributed by atoms with Gasteiger partial charge in [0.05, 0.1) is 0 Å². The number of aromatic nitrogens is 2. The maximum absolute atomic E-state index is 12.0. The minimum absolute atomic E-state index is 0.0617. The summed E-state index contributed by atoms with van der Waals surface area (Å²) in [5.41, 5.74) is 0.419. The fourth-order valence-corrected chi connectivity index (χ4v) is 3.20. The summed E-state index contributed by atoms with van der Waals surface area (Å²) in [6.45, 7) is 9.22. The van der Waals surface area contributed by atoms with Crippen molar-refractivity contribution in [2.24, 2.45) is 11.8 Å². The molecule has 118 valence electrons. The van der Waals surface area contributed by atoms with E-state index in [1.165, 1.54) is 0 Å². The van der Waals surface area contributed by atoms with Gasteiger partial charge in [-0.05, 0) is 50.9 Å². The maximum atomic E-state index is 12.0. The lowest BCUT2D eigenvalue weighted by Crippen LogP contribution is -2.38. The van der Waals surface area contributed by atoms with Crippen molar-refractivity contribution in [1.82, 2.24) is 9.97 Å². The number of rotatable bonds is 5. The lowest BCUT2D eigenvalue weighted by molar-refractivity contribution is -0.0840. The fourth-order valence-electron chi connectivity index (χ4n) is 3.20. The smallest absolute Gasteiger partial charge is 0.251 e. The lowest BCUT2D eigenvalue weighted by atomic mass is 9.78. The van der Waals surface area contributed by atoms with Crippen LogP contribution < -0.4 is 5.56 Å². The zero-order valence-corrected chi connectivity index (χ0v) is 13.7. The molecule has 0 bridgehead atoms. The molecular weight excluding hydrogens is 264 g/mol. The largest absolute Gasteiger partial charge is 0.367 e. The molecule has 1 aromatic rings. The summed E-state index contributed by atoms with van der Waals surface area (Å²) in [6, 6.07) is 1.62. The standard InChI is InChI=1S/C17H28N2O2/c1-5-21-17(8-6-13(4)7-9-17)16-18-14(10-12(2)3)11-15(20)19-16/h11-13H,5-10H2,1-4H3,(H,18,19,20). The lowest BCUT2D eigenvalue weighted by Gasteiger charge is -2.38. The van der Waals surface area contributed by atoms with Crippen LogP contribution in [0.1, 0.15) is 64.9 Å². The Bertz CT molecular complexity index is 514. The monoisotopic (exact) mass is 292 g/mol. The Kier molecular flexibility index (Phi) is 5.20. The third kappa shape index (κ3) is 3.94. The number of aromatic amines is 1. The van der Waals surface area contributed by atoms with E-state index in [-0.39, 0.29) is 5.56 Å².